The molecule has 0 radical (unpaired) electrons. The summed E-state index contributed by atoms with van der Waals surface area (Å²) >= 11 is 0. The second-order valence-corrected chi connectivity index (χ2v) is 8.44. The standard InChI is InChI=1S/C26H46O3/c1-4-7-10-11-12-13-14-17-20-29-25-21-24(27)26(28)23(19-16-9-6-3)22(25)18-15-8-5-2/h21,27-28H,4-20H2,1-3H3. The average Bonchev–Trinajstić information content (AvgIpc) is 2.72. The molecule has 1 rings (SSSR count). The van der Waals surface area contributed by atoms with E-state index < -0.39 is 0 Å². The van der Waals surface area contributed by atoms with Gasteiger partial charge in [-0.05, 0) is 32.1 Å². The molecule has 0 aliphatic heterocycles. The van der Waals surface area contributed by atoms with Crippen LogP contribution in [0.3, 0.4) is 0 Å². The molecule has 2 N–H and O–H groups in total. The molecule has 0 unspecified atom stereocenters. The molecule has 0 heterocycles. The third-order valence-corrected chi connectivity index (χ3v) is 5.77. The van der Waals surface area contributed by atoms with Crippen LogP contribution in [0.5, 0.6) is 17.2 Å². The minimum atomic E-state index is -0.0401. The number of phenols is 2. The lowest BCUT2D eigenvalue weighted by Crippen LogP contribution is -2.04. The molecule has 0 fully saturated rings. The van der Waals surface area contributed by atoms with E-state index in [0.29, 0.717) is 6.61 Å². The monoisotopic (exact) mass is 406 g/mol. The van der Waals surface area contributed by atoms with Crippen molar-refractivity contribution in [2.45, 2.75) is 124 Å². The van der Waals surface area contributed by atoms with Gasteiger partial charge in [-0.2, -0.15) is 0 Å². The molecule has 3 nitrogen and oxygen atoms in total. The number of rotatable bonds is 18. The highest BCUT2D eigenvalue weighted by Gasteiger charge is 2.18. The summed E-state index contributed by atoms with van der Waals surface area (Å²) in [5, 5.41) is 20.7. The molecule has 168 valence electrons. The molecule has 0 atom stereocenters. The Hall–Kier alpha value is -1.38. The second-order valence-electron chi connectivity index (χ2n) is 8.44. The molecule has 0 aromatic heterocycles. The molecule has 0 amide bonds. The van der Waals surface area contributed by atoms with E-state index in [1.807, 2.05) is 0 Å². The molecule has 0 saturated heterocycles. The van der Waals surface area contributed by atoms with Gasteiger partial charge in [0.15, 0.2) is 11.5 Å². The van der Waals surface area contributed by atoms with Gasteiger partial charge in [-0.3, -0.25) is 0 Å². The first-order valence-electron chi connectivity index (χ1n) is 12.3. The van der Waals surface area contributed by atoms with Gasteiger partial charge in [-0.15, -0.1) is 0 Å². The first kappa shape index (κ1) is 25.7. The van der Waals surface area contributed by atoms with Crippen LogP contribution in [0.2, 0.25) is 0 Å². The maximum absolute atomic E-state index is 10.5. The van der Waals surface area contributed by atoms with Crippen LogP contribution < -0.4 is 4.74 Å². The number of ether oxygens (including phenoxy) is 1. The fourth-order valence-electron chi connectivity index (χ4n) is 3.92. The van der Waals surface area contributed by atoms with Gasteiger partial charge >= 0.3 is 0 Å². The Labute approximate surface area is 179 Å². The third kappa shape index (κ3) is 10.3. The van der Waals surface area contributed by atoms with Gasteiger partial charge in [0.05, 0.1) is 6.61 Å². The van der Waals surface area contributed by atoms with Crippen molar-refractivity contribution in [2.24, 2.45) is 0 Å². The fraction of sp³-hybridized carbons (Fsp3) is 0.769. The van der Waals surface area contributed by atoms with Gasteiger partial charge in [0.2, 0.25) is 0 Å². The van der Waals surface area contributed by atoms with E-state index in [2.05, 4.69) is 20.8 Å². The van der Waals surface area contributed by atoms with E-state index in [4.69, 9.17) is 4.74 Å². The molecule has 0 saturated carbocycles. The van der Waals surface area contributed by atoms with Crippen molar-refractivity contribution < 1.29 is 14.9 Å². The summed E-state index contributed by atoms with van der Waals surface area (Å²) in [7, 11) is 0. The Bertz CT molecular complexity index is 539. The summed E-state index contributed by atoms with van der Waals surface area (Å²) in [5.41, 5.74) is 2.02. The van der Waals surface area contributed by atoms with Crippen LogP contribution in [0.15, 0.2) is 6.07 Å². The molecule has 29 heavy (non-hydrogen) atoms. The zero-order valence-corrected chi connectivity index (χ0v) is 19.4. The predicted molar refractivity (Wildman–Crippen MR) is 124 cm³/mol. The van der Waals surface area contributed by atoms with Crippen LogP contribution in [-0.2, 0) is 12.8 Å². The van der Waals surface area contributed by atoms with Crippen LogP contribution in [0.25, 0.3) is 0 Å². The highest BCUT2D eigenvalue weighted by Crippen LogP contribution is 2.40. The minimum Gasteiger partial charge on any atom is -0.504 e. The molecule has 0 spiro atoms. The predicted octanol–water partition coefficient (Wildman–Crippen LogP) is 8.08. The number of benzene rings is 1. The van der Waals surface area contributed by atoms with Crippen molar-refractivity contribution in [1.29, 1.82) is 0 Å². The van der Waals surface area contributed by atoms with Crippen LogP contribution in [0, 0.1) is 0 Å². The highest BCUT2D eigenvalue weighted by molar-refractivity contribution is 5.56. The maximum atomic E-state index is 10.5. The van der Waals surface area contributed by atoms with Crippen molar-refractivity contribution >= 4 is 0 Å². The Morgan fingerprint density at radius 3 is 1.69 bits per heavy atom. The van der Waals surface area contributed by atoms with E-state index in [-0.39, 0.29) is 11.5 Å². The van der Waals surface area contributed by atoms with Crippen molar-refractivity contribution in [1.82, 2.24) is 0 Å². The van der Waals surface area contributed by atoms with E-state index in [1.165, 1.54) is 57.8 Å². The van der Waals surface area contributed by atoms with E-state index in [0.717, 1.165) is 61.8 Å². The molecular formula is C26H46O3. The summed E-state index contributed by atoms with van der Waals surface area (Å²) in [6, 6.07) is 1.63. The van der Waals surface area contributed by atoms with Crippen molar-refractivity contribution in [3.05, 3.63) is 17.2 Å². The highest BCUT2D eigenvalue weighted by atomic mass is 16.5. The zero-order valence-electron chi connectivity index (χ0n) is 19.4. The second kappa shape index (κ2) is 16.4. The zero-order chi connectivity index (χ0) is 21.3. The van der Waals surface area contributed by atoms with Gasteiger partial charge in [0, 0.05) is 17.2 Å². The quantitative estimate of drug-likeness (QED) is 0.191. The number of aromatic hydroxyl groups is 2. The summed E-state index contributed by atoms with van der Waals surface area (Å²) < 4.78 is 6.12. The van der Waals surface area contributed by atoms with Crippen LogP contribution in [-0.4, -0.2) is 16.8 Å². The Balaban J connectivity index is 2.65. The molecule has 0 aliphatic carbocycles. The van der Waals surface area contributed by atoms with E-state index in [9.17, 15) is 10.2 Å². The lowest BCUT2D eigenvalue weighted by atomic mass is 9.94. The molecule has 0 aliphatic rings. The molecule has 3 heteroatoms. The van der Waals surface area contributed by atoms with Crippen molar-refractivity contribution in [3.8, 4) is 17.2 Å². The van der Waals surface area contributed by atoms with Gasteiger partial charge in [-0.1, -0.05) is 91.4 Å². The fourth-order valence-corrected chi connectivity index (χ4v) is 3.92. The normalized spacial score (nSPS) is 11.1. The number of hydrogen-bond acceptors (Lipinski definition) is 3. The number of hydrogen-bond donors (Lipinski definition) is 2. The molecule has 1 aromatic rings. The van der Waals surface area contributed by atoms with Gasteiger partial charge in [-0.25, -0.2) is 0 Å². The molecule has 1 aromatic carbocycles. The average molecular weight is 407 g/mol. The largest absolute Gasteiger partial charge is 0.504 e. The topological polar surface area (TPSA) is 49.7 Å². The number of unbranched alkanes of at least 4 members (excludes halogenated alkanes) is 11. The number of phenolic OH excluding ortho intramolecular Hbond substituents is 2. The van der Waals surface area contributed by atoms with Crippen molar-refractivity contribution in [3.63, 3.8) is 0 Å². The molecular weight excluding hydrogens is 360 g/mol. The first-order chi connectivity index (χ1) is 14.2. The Morgan fingerprint density at radius 2 is 1.10 bits per heavy atom. The smallest absolute Gasteiger partial charge is 0.161 e. The van der Waals surface area contributed by atoms with Gasteiger partial charge in [0.1, 0.15) is 5.75 Å². The third-order valence-electron chi connectivity index (χ3n) is 5.77. The SMILES string of the molecule is CCCCCCCCCCOc1cc(O)c(O)c(CCCCC)c1CCCCC. The van der Waals surface area contributed by atoms with Crippen LogP contribution >= 0.6 is 0 Å². The summed E-state index contributed by atoms with van der Waals surface area (Å²) in [6.07, 6.45) is 18.7. The van der Waals surface area contributed by atoms with Crippen LogP contribution in [0.4, 0.5) is 0 Å². The lowest BCUT2D eigenvalue weighted by molar-refractivity contribution is 0.296. The van der Waals surface area contributed by atoms with Crippen LogP contribution in [0.1, 0.15) is 122 Å². The Kier molecular flexibility index (Phi) is 14.5. The van der Waals surface area contributed by atoms with Gasteiger partial charge in [0.25, 0.3) is 0 Å². The summed E-state index contributed by atoms with van der Waals surface area (Å²) in [6.45, 7) is 7.33. The Morgan fingerprint density at radius 1 is 0.621 bits per heavy atom. The minimum absolute atomic E-state index is 0.0401. The molecule has 0 bridgehead atoms. The maximum Gasteiger partial charge on any atom is 0.161 e. The summed E-state index contributed by atoms with van der Waals surface area (Å²) in [5.74, 6) is 0.805. The first-order valence-corrected chi connectivity index (χ1v) is 12.3. The van der Waals surface area contributed by atoms with E-state index in [1.54, 1.807) is 6.07 Å². The van der Waals surface area contributed by atoms with Gasteiger partial charge < -0.3 is 14.9 Å². The lowest BCUT2D eigenvalue weighted by Gasteiger charge is -2.18. The van der Waals surface area contributed by atoms with E-state index >= 15 is 0 Å². The summed E-state index contributed by atoms with van der Waals surface area (Å²) in [4.78, 5) is 0. The van der Waals surface area contributed by atoms with Crippen molar-refractivity contribution in [2.75, 3.05) is 6.61 Å².